The smallest absolute Gasteiger partial charge is 0.229 e. The number of nitrogens with zero attached hydrogens (tertiary/aromatic N) is 4. The van der Waals surface area contributed by atoms with Crippen LogP contribution >= 0.6 is 18.7 Å². The van der Waals surface area contributed by atoms with Crippen molar-refractivity contribution >= 4 is 52.9 Å². The number of methoxy groups -OCH3 is 1. The van der Waals surface area contributed by atoms with E-state index in [9.17, 15) is 4.57 Å². The quantitative estimate of drug-likeness (QED) is 0.409. The highest BCUT2D eigenvalue weighted by molar-refractivity contribution is 7.70. The van der Waals surface area contributed by atoms with E-state index in [-0.39, 0.29) is 0 Å². The average Bonchev–Trinajstić information content (AvgIpc) is 3.34. The van der Waals surface area contributed by atoms with Crippen molar-refractivity contribution in [3.8, 4) is 5.75 Å². The van der Waals surface area contributed by atoms with Gasteiger partial charge in [0.25, 0.3) is 0 Å². The second-order valence-corrected chi connectivity index (χ2v) is 13.3. The van der Waals surface area contributed by atoms with E-state index in [4.69, 9.17) is 16.3 Å². The van der Waals surface area contributed by atoms with Crippen molar-refractivity contribution in [3.63, 3.8) is 0 Å². The van der Waals surface area contributed by atoms with Gasteiger partial charge in [-0.15, -0.1) is 0 Å². The normalized spacial score (nSPS) is 18.1. The Morgan fingerprint density at radius 3 is 2.72 bits per heavy atom. The molecule has 0 spiro atoms. The Balaban J connectivity index is 1.36. The third-order valence-corrected chi connectivity index (χ3v) is 8.69. The number of halogens is 1. The molecule has 0 aliphatic carbocycles. The minimum atomic E-state index is -2.50. The average molecular weight is 527 g/mol. The van der Waals surface area contributed by atoms with Crippen molar-refractivity contribution in [1.82, 2.24) is 14.9 Å². The highest BCUT2D eigenvalue weighted by Crippen LogP contribution is 2.39. The molecule has 1 atom stereocenters. The number of fused-ring (bicyclic) bond motifs is 1. The lowest BCUT2D eigenvalue weighted by molar-refractivity contribution is 0.231. The first-order valence-corrected chi connectivity index (χ1v) is 15.2. The first-order valence-electron chi connectivity index (χ1n) is 12.2. The summed E-state index contributed by atoms with van der Waals surface area (Å²) in [5, 5.41) is 7.60. The van der Waals surface area contributed by atoms with Crippen molar-refractivity contribution in [2.75, 3.05) is 62.2 Å². The maximum Gasteiger partial charge on any atom is 0.229 e. The van der Waals surface area contributed by atoms with Crippen LogP contribution in [0.15, 0.2) is 48.7 Å². The van der Waals surface area contributed by atoms with Crippen LogP contribution in [-0.2, 0) is 4.57 Å². The van der Waals surface area contributed by atoms with E-state index in [0.717, 1.165) is 42.1 Å². The summed E-state index contributed by atoms with van der Waals surface area (Å²) in [6.45, 7) is 7.89. The van der Waals surface area contributed by atoms with E-state index in [0.29, 0.717) is 28.5 Å². The molecule has 3 heterocycles. The predicted molar refractivity (Wildman–Crippen MR) is 149 cm³/mol. The predicted octanol–water partition coefficient (Wildman–Crippen LogP) is 5.16. The van der Waals surface area contributed by atoms with Crippen LogP contribution in [0.2, 0.25) is 5.02 Å². The molecule has 2 N–H and O–H groups in total. The number of hydrogen-bond acceptors (Lipinski definition) is 8. The van der Waals surface area contributed by atoms with Gasteiger partial charge in [-0.25, -0.2) is 4.98 Å². The molecule has 0 radical (unpaired) electrons. The fourth-order valence-corrected chi connectivity index (χ4v) is 6.31. The Morgan fingerprint density at radius 2 is 1.92 bits per heavy atom. The largest absolute Gasteiger partial charge is 0.494 e. The minimum absolute atomic E-state index is 0.366. The summed E-state index contributed by atoms with van der Waals surface area (Å²) in [5.74, 6) is 1.53. The van der Waals surface area contributed by atoms with Gasteiger partial charge in [-0.05, 0) is 57.0 Å². The number of rotatable bonds is 7. The Morgan fingerprint density at radius 1 is 1.08 bits per heavy atom. The number of aromatic nitrogens is 2. The maximum atomic E-state index is 12.7. The number of benzene rings is 2. The second kappa shape index (κ2) is 10.3. The van der Waals surface area contributed by atoms with Gasteiger partial charge in [-0.3, -0.25) is 4.90 Å². The highest BCUT2D eigenvalue weighted by atomic mass is 35.5. The SMILES string of the molecule is COc1cc(N2CCN3CCCC3C2)ccc1Nc1ncc(Cl)c(Nc2ccccc2P(C)(C)=O)n1. The molecule has 2 fully saturated rings. The van der Waals surface area contributed by atoms with E-state index in [1.165, 1.54) is 19.4 Å². The summed E-state index contributed by atoms with van der Waals surface area (Å²) in [5.41, 5.74) is 2.63. The van der Waals surface area contributed by atoms with Crippen LogP contribution in [0.1, 0.15) is 12.8 Å². The van der Waals surface area contributed by atoms with Crippen molar-refractivity contribution in [2.24, 2.45) is 0 Å². The zero-order valence-electron chi connectivity index (χ0n) is 20.9. The molecular formula is C26H32ClN6O2P. The van der Waals surface area contributed by atoms with E-state index in [2.05, 4.69) is 42.5 Å². The fraction of sp³-hybridized carbons (Fsp3) is 0.385. The van der Waals surface area contributed by atoms with Crippen molar-refractivity contribution in [2.45, 2.75) is 18.9 Å². The van der Waals surface area contributed by atoms with Gasteiger partial charge in [0.2, 0.25) is 5.95 Å². The second-order valence-electron chi connectivity index (χ2n) is 9.67. The maximum absolute atomic E-state index is 12.7. The Hall–Kier alpha value is -2.80. The molecule has 2 aliphatic heterocycles. The van der Waals surface area contributed by atoms with Crippen LogP contribution in [-0.4, -0.2) is 67.5 Å². The molecule has 5 rings (SSSR count). The topological polar surface area (TPSA) is 82.6 Å². The summed E-state index contributed by atoms with van der Waals surface area (Å²) < 4.78 is 18.5. The number of hydrogen-bond donors (Lipinski definition) is 2. The summed E-state index contributed by atoms with van der Waals surface area (Å²) in [4.78, 5) is 14.0. The molecule has 190 valence electrons. The van der Waals surface area contributed by atoms with Crippen LogP contribution in [0, 0.1) is 0 Å². The lowest BCUT2D eigenvalue weighted by Gasteiger charge is -2.39. The Kier molecular flexibility index (Phi) is 7.11. The van der Waals surface area contributed by atoms with Crippen LogP contribution in [0.3, 0.4) is 0 Å². The molecule has 2 saturated heterocycles. The van der Waals surface area contributed by atoms with Gasteiger partial charge in [0.1, 0.15) is 17.9 Å². The number of nitrogens with one attached hydrogen (secondary N) is 2. The number of para-hydroxylation sites is 1. The van der Waals surface area contributed by atoms with Gasteiger partial charge in [0.15, 0.2) is 5.82 Å². The first-order chi connectivity index (χ1) is 17.3. The Bertz CT molecular complexity index is 1300. The molecule has 2 aromatic carbocycles. The van der Waals surface area contributed by atoms with Gasteiger partial charge in [0.05, 0.1) is 24.7 Å². The number of anilines is 5. The van der Waals surface area contributed by atoms with E-state index >= 15 is 0 Å². The molecule has 1 aromatic heterocycles. The number of piperazine rings is 1. The molecule has 10 heteroatoms. The third kappa shape index (κ3) is 5.31. The molecule has 2 aliphatic rings. The van der Waals surface area contributed by atoms with E-state index in [1.807, 2.05) is 30.3 Å². The molecule has 3 aromatic rings. The van der Waals surface area contributed by atoms with Crippen molar-refractivity contribution < 1.29 is 9.30 Å². The van der Waals surface area contributed by atoms with Crippen LogP contribution in [0.5, 0.6) is 5.75 Å². The molecule has 1 unspecified atom stereocenters. The minimum Gasteiger partial charge on any atom is -0.494 e. The zero-order valence-corrected chi connectivity index (χ0v) is 22.5. The monoisotopic (exact) mass is 526 g/mol. The van der Waals surface area contributed by atoms with Crippen LogP contribution in [0.25, 0.3) is 0 Å². The zero-order chi connectivity index (χ0) is 25.3. The molecule has 0 amide bonds. The standard InChI is InChI=1S/C26H32ClN6O2P/c1-35-23-15-18(33-14-13-32-12-6-7-19(32)17-33)10-11-21(23)30-26-28-16-20(27)25(31-26)29-22-8-4-5-9-24(22)36(2,3)34/h4-5,8-11,15-16,19H,6-7,12-14,17H2,1-3H3,(H2,28,29,30,31). The van der Waals surface area contributed by atoms with Crippen LogP contribution < -0.4 is 25.6 Å². The number of ether oxygens (including phenoxy) is 1. The highest BCUT2D eigenvalue weighted by Gasteiger charge is 2.30. The van der Waals surface area contributed by atoms with E-state index < -0.39 is 7.14 Å². The summed E-state index contributed by atoms with van der Waals surface area (Å²) >= 11 is 6.40. The Labute approximate surface area is 217 Å². The molecule has 0 bridgehead atoms. The van der Waals surface area contributed by atoms with E-state index in [1.54, 1.807) is 26.6 Å². The molecule has 36 heavy (non-hydrogen) atoms. The fourth-order valence-electron chi connectivity index (χ4n) is 5.02. The lowest BCUT2D eigenvalue weighted by Crippen LogP contribution is -2.50. The third-order valence-electron chi connectivity index (χ3n) is 6.87. The first kappa shape index (κ1) is 24.9. The molecule has 0 saturated carbocycles. The van der Waals surface area contributed by atoms with Gasteiger partial charge in [-0.1, -0.05) is 23.7 Å². The van der Waals surface area contributed by atoms with Gasteiger partial charge in [0, 0.05) is 42.7 Å². The van der Waals surface area contributed by atoms with Gasteiger partial charge in [-0.2, -0.15) is 4.98 Å². The summed E-state index contributed by atoms with van der Waals surface area (Å²) in [6, 6.07) is 14.3. The summed E-state index contributed by atoms with van der Waals surface area (Å²) in [6.07, 6.45) is 4.11. The molecule has 8 nitrogen and oxygen atoms in total. The van der Waals surface area contributed by atoms with Crippen molar-refractivity contribution in [3.05, 3.63) is 53.7 Å². The van der Waals surface area contributed by atoms with Crippen molar-refractivity contribution in [1.29, 1.82) is 0 Å². The lowest BCUT2D eigenvalue weighted by atomic mass is 10.1. The summed E-state index contributed by atoms with van der Waals surface area (Å²) in [7, 11) is -0.829. The van der Waals surface area contributed by atoms with Crippen LogP contribution in [0.4, 0.5) is 28.8 Å². The van der Waals surface area contributed by atoms with Gasteiger partial charge < -0.3 is 24.8 Å². The molecular weight excluding hydrogens is 495 g/mol. The van der Waals surface area contributed by atoms with Gasteiger partial charge >= 0.3 is 0 Å².